The summed E-state index contributed by atoms with van der Waals surface area (Å²) >= 11 is 0. The number of hydrogen-bond acceptors (Lipinski definition) is 3. The van der Waals surface area contributed by atoms with Crippen molar-refractivity contribution in [3.05, 3.63) is 29.8 Å². The van der Waals surface area contributed by atoms with E-state index in [1.165, 1.54) is 24.0 Å². The SMILES string of the molecule is CCC(C(=O)O)(c1ccc(F)cn1)N(C(C)=O)C1CC1. The Balaban J connectivity index is 2.56. The van der Waals surface area contributed by atoms with Crippen molar-refractivity contribution >= 4 is 11.9 Å². The minimum absolute atomic E-state index is 0.0737. The van der Waals surface area contributed by atoms with Crippen LogP contribution in [0, 0.1) is 5.82 Å². The first kappa shape index (κ1) is 14.4. The second-order valence-electron chi connectivity index (χ2n) is 5.00. The first-order valence-electron chi connectivity index (χ1n) is 6.58. The van der Waals surface area contributed by atoms with Gasteiger partial charge in [0.05, 0.1) is 11.9 Å². The first-order valence-corrected chi connectivity index (χ1v) is 6.58. The molecule has 20 heavy (non-hydrogen) atoms. The van der Waals surface area contributed by atoms with Gasteiger partial charge >= 0.3 is 5.97 Å². The van der Waals surface area contributed by atoms with Gasteiger partial charge in [-0.2, -0.15) is 0 Å². The van der Waals surface area contributed by atoms with Crippen LogP contribution in [0.4, 0.5) is 4.39 Å². The van der Waals surface area contributed by atoms with Crippen molar-refractivity contribution in [2.75, 3.05) is 0 Å². The van der Waals surface area contributed by atoms with E-state index in [2.05, 4.69) is 4.98 Å². The molecule has 108 valence electrons. The van der Waals surface area contributed by atoms with E-state index >= 15 is 0 Å². The van der Waals surface area contributed by atoms with Crippen molar-refractivity contribution < 1.29 is 19.1 Å². The second kappa shape index (κ2) is 5.19. The Bertz CT molecular complexity index is 528. The molecule has 0 aromatic carbocycles. The lowest BCUT2D eigenvalue weighted by Crippen LogP contribution is -2.55. The Hall–Kier alpha value is -1.98. The number of aliphatic carboxylic acids is 1. The molecule has 1 aliphatic rings. The number of nitrogens with zero attached hydrogens (tertiary/aromatic N) is 2. The molecule has 6 heteroatoms. The number of carbonyl (C=O) groups is 2. The van der Waals surface area contributed by atoms with Gasteiger partial charge in [0, 0.05) is 13.0 Å². The average molecular weight is 280 g/mol. The van der Waals surface area contributed by atoms with Gasteiger partial charge in [-0.05, 0) is 31.4 Å². The predicted octanol–water partition coefficient (Wildman–Crippen LogP) is 1.92. The summed E-state index contributed by atoms with van der Waals surface area (Å²) in [6.45, 7) is 3.05. The highest BCUT2D eigenvalue weighted by molar-refractivity contribution is 5.87. The number of pyridine rings is 1. The molecule has 0 spiro atoms. The van der Waals surface area contributed by atoms with Crippen LogP contribution >= 0.6 is 0 Å². The minimum Gasteiger partial charge on any atom is -0.479 e. The molecule has 2 rings (SSSR count). The predicted molar refractivity (Wildman–Crippen MR) is 69.3 cm³/mol. The van der Waals surface area contributed by atoms with Gasteiger partial charge in [-0.15, -0.1) is 0 Å². The topological polar surface area (TPSA) is 70.5 Å². The molecule has 0 saturated heterocycles. The summed E-state index contributed by atoms with van der Waals surface area (Å²) in [5, 5.41) is 9.71. The first-order chi connectivity index (χ1) is 9.43. The summed E-state index contributed by atoms with van der Waals surface area (Å²) in [6, 6.07) is 2.43. The number of rotatable bonds is 5. The molecular weight excluding hydrogens is 263 g/mol. The summed E-state index contributed by atoms with van der Waals surface area (Å²) in [5.41, 5.74) is -1.34. The van der Waals surface area contributed by atoms with Crippen molar-refractivity contribution in [3.8, 4) is 0 Å². The smallest absolute Gasteiger partial charge is 0.335 e. The number of amides is 1. The maximum absolute atomic E-state index is 13.0. The maximum Gasteiger partial charge on any atom is 0.335 e. The molecular formula is C14H17FN2O3. The molecule has 1 saturated carbocycles. The van der Waals surface area contributed by atoms with Crippen LogP contribution in [0.25, 0.3) is 0 Å². The van der Waals surface area contributed by atoms with Crippen LogP contribution in [-0.4, -0.2) is 32.9 Å². The summed E-state index contributed by atoms with van der Waals surface area (Å²) < 4.78 is 13.0. The molecule has 1 heterocycles. The van der Waals surface area contributed by atoms with Gasteiger partial charge in [-0.3, -0.25) is 9.78 Å². The third-order valence-corrected chi connectivity index (χ3v) is 3.68. The summed E-state index contributed by atoms with van der Waals surface area (Å²) in [7, 11) is 0. The van der Waals surface area contributed by atoms with Gasteiger partial charge in [0.25, 0.3) is 0 Å². The van der Waals surface area contributed by atoms with E-state index in [1.54, 1.807) is 6.92 Å². The molecule has 1 unspecified atom stereocenters. The second-order valence-corrected chi connectivity index (χ2v) is 5.00. The highest BCUT2D eigenvalue weighted by atomic mass is 19.1. The molecule has 1 amide bonds. The largest absolute Gasteiger partial charge is 0.479 e. The summed E-state index contributed by atoms with van der Waals surface area (Å²) in [4.78, 5) is 29.1. The number of carbonyl (C=O) groups excluding carboxylic acids is 1. The third-order valence-electron chi connectivity index (χ3n) is 3.68. The summed E-state index contributed by atoms with van der Waals surface area (Å²) in [5.74, 6) is -1.98. The number of hydrogen-bond donors (Lipinski definition) is 1. The Morgan fingerprint density at radius 3 is 2.50 bits per heavy atom. The van der Waals surface area contributed by atoms with Crippen molar-refractivity contribution in [1.82, 2.24) is 9.88 Å². The third kappa shape index (κ3) is 2.26. The van der Waals surface area contributed by atoms with E-state index in [0.29, 0.717) is 0 Å². The van der Waals surface area contributed by atoms with Gasteiger partial charge in [0.1, 0.15) is 5.82 Å². The van der Waals surface area contributed by atoms with Gasteiger partial charge in [0.15, 0.2) is 5.54 Å². The van der Waals surface area contributed by atoms with Gasteiger partial charge < -0.3 is 10.0 Å². The van der Waals surface area contributed by atoms with Gasteiger partial charge in [0.2, 0.25) is 5.91 Å². The van der Waals surface area contributed by atoms with Crippen molar-refractivity contribution in [2.24, 2.45) is 0 Å². The zero-order valence-electron chi connectivity index (χ0n) is 11.5. The highest BCUT2D eigenvalue weighted by Crippen LogP contribution is 2.40. The van der Waals surface area contributed by atoms with Crippen LogP contribution in [0.3, 0.4) is 0 Å². The van der Waals surface area contributed by atoms with Crippen LogP contribution in [-0.2, 0) is 15.1 Å². The lowest BCUT2D eigenvalue weighted by molar-refractivity contribution is -0.161. The molecule has 1 aromatic rings. The molecule has 0 aliphatic heterocycles. The molecule has 1 aliphatic carbocycles. The Labute approximate surface area is 116 Å². The average Bonchev–Trinajstić information content (AvgIpc) is 3.20. The molecule has 1 aromatic heterocycles. The Kier molecular flexibility index (Phi) is 3.74. The van der Waals surface area contributed by atoms with E-state index in [4.69, 9.17) is 0 Å². The molecule has 1 N–H and O–H groups in total. The molecule has 0 radical (unpaired) electrons. The zero-order valence-corrected chi connectivity index (χ0v) is 11.5. The molecule has 0 bridgehead atoms. The van der Waals surface area contributed by atoms with Crippen LogP contribution < -0.4 is 0 Å². The van der Waals surface area contributed by atoms with E-state index in [1.807, 2.05) is 0 Å². The molecule has 5 nitrogen and oxygen atoms in total. The number of halogens is 1. The van der Waals surface area contributed by atoms with Crippen molar-refractivity contribution in [3.63, 3.8) is 0 Å². The Morgan fingerprint density at radius 1 is 1.50 bits per heavy atom. The van der Waals surface area contributed by atoms with Crippen LogP contribution in [0.1, 0.15) is 38.8 Å². The number of aromatic nitrogens is 1. The number of carboxylic acids is 1. The van der Waals surface area contributed by atoms with E-state index in [-0.39, 0.29) is 24.1 Å². The van der Waals surface area contributed by atoms with Crippen LogP contribution in [0.5, 0.6) is 0 Å². The standard InChI is InChI=1S/C14H17FN2O3/c1-3-14(13(19)20,12-7-4-10(15)8-16-12)17(9(2)18)11-5-6-11/h4,7-8,11H,3,5-6H2,1-2H3,(H,19,20). The highest BCUT2D eigenvalue weighted by Gasteiger charge is 2.52. The fourth-order valence-corrected chi connectivity index (χ4v) is 2.63. The molecule has 1 fully saturated rings. The zero-order chi connectivity index (χ0) is 14.9. The Morgan fingerprint density at radius 2 is 2.15 bits per heavy atom. The summed E-state index contributed by atoms with van der Waals surface area (Å²) in [6.07, 6.45) is 2.73. The number of carboxylic acid groups (broad SMARTS) is 1. The van der Waals surface area contributed by atoms with Crippen molar-refractivity contribution in [2.45, 2.75) is 44.7 Å². The lowest BCUT2D eigenvalue weighted by Gasteiger charge is -2.39. The van der Waals surface area contributed by atoms with Crippen LogP contribution in [0.2, 0.25) is 0 Å². The normalized spacial score (nSPS) is 17.4. The monoisotopic (exact) mass is 280 g/mol. The fraction of sp³-hybridized carbons (Fsp3) is 0.500. The molecule has 1 atom stereocenters. The van der Waals surface area contributed by atoms with E-state index in [9.17, 15) is 19.1 Å². The quantitative estimate of drug-likeness (QED) is 0.894. The fourth-order valence-electron chi connectivity index (χ4n) is 2.63. The lowest BCUT2D eigenvalue weighted by atomic mass is 9.88. The van der Waals surface area contributed by atoms with Gasteiger partial charge in [-0.25, -0.2) is 9.18 Å². The van der Waals surface area contributed by atoms with E-state index < -0.39 is 17.3 Å². The maximum atomic E-state index is 13.0. The minimum atomic E-state index is -1.53. The van der Waals surface area contributed by atoms with Crippen molar-refractivity contribution in [1.29, 1.82) is 0 Å². The van der Waals surface area contributed by atoms with Gasteiger partial charge in [-0.1, -0.05) is 6.92 Å². The van der Waals surface area contributed by atoms with Crippen LogP contribution in [0.15, 0.2) is 18.3 Å². The van der Waals surface area contributed by atoms with E-state index in [0.717, 1.165) is 19.0 Å².